The van der Waals surface area contributed by atoms with Crippen LogP contribution in [-0.4, -0.2) is 16.8 Å². The van der Waals surface area contributed by atoms with E-state index in [2.05, 4.69) is 4.99 Å². The van der Waals surface area contributed by atoms with E-state index in [1.807, 2.05) is 6.07 Å². The molecule has 7 nitrogen and oxygen atoms in total. The first-order chi connectivity index (χ1) is 12.0. The van der Waals surface area contributed by atoms with Crippen LogP contribution in [0.1, 0.15) is 22.3 Å². The minimum atomic E-state index is -0.634. The van der Waals surface area contributed by atoms with E-state index < -0.39 is 10.9 Å². The first-order valence-electron chi connectivity index (χ1n) is 7.26. The highest BCUT2D eigenvalue weighted by molar-refractivity contribution is 6.13. The molecule has 1 heterocycles. The van der Waals surface area contributed by atoms with Crippen LogP contribution in [0.4, 0.5) is 5.69 Å². The van der Waals surface area contributed by atoms with Gasteiger partial charge in [0, 0.05) is 17.2 Å². The van der Waals surface area contributed by atoms with Gasteiger partial charge in [-0.05, 0) is 36.8 Å². The van der Waals surface area contributed by atoms with E-state index in [1.165, 1.54) is 18.2 Å². The van der Waals surface area contributed by atoms with Crippen LogP contribution in [0.15, 0.2) is 53.2 Å². The summed E-state index contributed by atoms with van der Waals surface area (Å²) in [6.07, 6.45) is 1.53. The summed E-state index contributed by atoms with van der Waals surface area (Å²) in [4.78, 5) is 26.7. The number of hydrogen-bond acceptors (Lipinski definition) is 6. The quantitative estimate of drug-likeness (QED) is 0.371. The molecule has 0 saturated carbocycles. The Morgan fingerprint density at radius 3 is 2.60 bits per heavy atom. The van der Waals surface area contributed by atoms with Crippen molar-refractivity contribution in [2.45, 2.75) is 6.92 Å². The van der Waals surface area contributed by atoms with E-state index in [0.717, 1.165) is 0 Å². The summed E-state index contributed by atoms with van der Waals surface area (Å²) in [7, 11) is 0. The number of aliphatic imine (C=N–C) groups is 1. The summed E-state index contributed by atoms with van der Waals surface area (Å²) in [5.74, 6) is -0.601. The molecule has 0 spiro atoms. The molecule has 1 aliphatic rings. The predicted molar refractivity (Wildman–Crippen MR) is 89.6 cm³/mol. The molecular formula is C18H11N3O4. The van der Waals surface area contributed by atoms with Crippen molar-refractivity contribution >= 4 is 23.6 Å². The summed E-state index contributed by atoms with van der Waals surface area (Å²) in [5.41, 5.74) is 1.98. The van der Waals surface area contributed by atoms with E-state index in [4.69, 9.17) is 10.00 Å². The fourth-order valence-electron chi connectivity index (χ4n) is 2.39. The van der Waals surface area contributed by atoms with Crippen LogP contribution >= 0.6 is 0 Å². The van der Waals surface area contributed by atoms with Crippen LogP contribution in [0.25, 0.3) is 6.08 Å². The van der Waals surface area contributed by atoms with Crippen molar-refractivity contribution in [1.82, 2.24) is 0 Å². The van der Waals surface area contributed by atoms with Crippen LogP contribution < -0.4 is 0 Å². The van der Waals surface area contributed by atoms with Crippen LogP contribution in [0.2, 0.25) is 0 Å². The van der Waals surface area contributed by atoms with Gasteiger partial charge >= 0.3 is 5.97 Å². The zero-order chi connectivity index (χ0) is 18.0. The second kappa shape index (κ2) is 6.37. The molecule has 0 unspecified atom stereocenters. The van der Waals surface area contributed by atoms with Crippen molar-refractivity contribution in [2.75, 3.05) is 0 Å². The lowest BCUT2D eigenvalue weighted by atomic mass is 10.1. The highest BCUT2D eigenvalue weighted by Gasteiger charge is 2.27. The lowest BCUT2D eigenvalue weighted by molar-refractivity contribution is -0.385. The largest absolute Gasteiger partial charge is 0.402 e. The number of nitriles is 1. The fraction of sp³-hybridized carbons (Fsp3) is 0.0556. The highest BCUT2D eigenvalue weighted by Crippen LogP contribution is 2.26. The number of benzene rings is 2. The van der Waals surface area contributed by atoms with Gasteiger partial charge in [0.05, 0.1) is 16.6 Å². The summed E-state index contributed by atoms with van der Waals surface area (Å²) < 4.78 is 5.16. The van der Waals surface area contributed by atoms with Gasteiger partial charge in [-0.3, -0.25) is 10.1 Å². The third-order valence-electron chi connectivity index (χ3n) is 3.70. The van der Waals surface area contributed by atoms with Gasteiger partial charge in [-0.1, -0.05) is 18.2 Å². The Hall–Kier alpha value is -3.79. The summed E-state index contributed by atoms with van der Waals surface area (Å²) >= 11 is 0. The van der Waals surface area contributed by atoms with Gasteiger partial charge in [-0.25, -0.2) is 9.79 Å². The number of carbonyl (C=O) groups excluding carboxylic acids is 1. The average molecular weight is 333 g/mol. The molecule has 0 radical (unpaired) electrons. The SMILES string of the molecule is Cc1c(C2=N/C(=C\c3ccc(C#N)cc3)C(=O)O2)cccc1[N+](=O)[O-]. The lowest BCUT2D eigenvalue weighted by Gasteiger charge is -2.04. The molecule has 0 amide bonds. The number of esters is 1. The Morgan fingerprint density at radius 1 is 1.24 bits per heavy atom. The molecule has 7 heteroatoms. The van der Waals surface area contributed by atoms with E-state index in [1.54, 1.807) is 37.3 Å². The topological polar surface area (TPSA) is 106 Å². The summed E-state index contributed by atoms with van der Waals surface area (Å²) in [6, 6.07) is 13.1. The Kier molecular flexibility index (Phi) is 4.10. The van der Waals surface area contributed by atoms with Crippen molar-refractivity contribution in [3.8, 4) is 6.07 Å². The van der Waals surface area contributed by atoms with Crippen LogP contribution in [0.5, 0.6) is 0 Å². The maximum absolute atomic E-state index is 12.0. The maximum Gasteiger partial charge on any atom is 0.363 e. The zero-order valence-electron chi connectivity index (χ0n) is 13.1. The van der Waals surface area contributed by atoms with E-state index in [9.17, 15) is 14.9 Å². The van der Waals surface area contributed by atoms with Gasteiger partial charge in [0.2, 0.25) is 5.90 Å². The smallest absolute Gasteiger partial charge is 0.363 e. The number of nitrogens with zero attached hydrogens (tertiary/aromatic N) is 3. The van der Waals surface area contributed by atoms with Crippen LogP contribution in [0.3, 0.4) is 0 Å². The molecule has 0 N–H and O–H groups in total. The number of nitro groups is 1. The molecule has 0 atom stereocenters. The number of cyclic esters (lactones) is 1. The second-order valence-electron chi connectivity index (χ2n) is 5.28. The maximum atomic E-state index is 12.0. The fourth-order valence-corrected chi connectivity index (χ4v) is 2.39. The van der Waals surface area contributed by atoms with Crippen molar-refractivity contribution < 1.29 is 14.5 Å². The molecule has 0 aliphatic carbocycles. The lowest BCUT2D eigenvalue weighted by Crippen LogP contribution is -2.08. The van der Waals surface area contributed by atoms with Gasteiger partial charge in [-0.2, -0.15) is 5.26 Å². The third-order valence-corrected chi connectivity index (χ3v) is 3.70. The number of ether oxygens (including phenoxy) is 1. The predicted octanol–water partition coefficient (Wildman–Crippen LogP) is 3.12. The van der Waals surface area contributed by atoms with Gasteiger partial charge < -0.3 is 4.74 Å². The Labute approximate surface area is 142 Å². The molecule has 1 aliphatic heterocycles. The van der Waals surface area contributed by atoms with Gasteiger partial charge in [-0.15, -0.1) is 0 Å². The average Bonchev–Trinajstić information content (AvgIpc) is 2.96. The Morgan fingerprint density at radius 2 is 1.96 bits per heavy atom. The van der Waals surface area contributed by atoms with Crippen molar-refractivity contribution in [3.63, 3.8) is 0 Å². The molecule has 2 aromatic carbocycles. The molecule has 2 aromatic rings. The monoisotopic (exact) mass is 333 g/mol. The minimum absolute atomic E-state index is 0.0334. The summed E-state index contributed by atoms with van der Waals surface area (Å²) in [5, 5.41) is 19.8. The molecular weight excluding hydrogens is 322 g/mol. The molecule has 0 saturated heterocycles. The molecule has 25 heavy (non-hydrogen) atoms. The van der Waals surface area contributed by atoms with Gasteiger partial charge in [0.1, 0.15) is 0 Å². The first-order valence-corrected chi connectivity index (χ1v) is 7.26. The number of rotatable bonds is 3. The minimum Gasteiger partial charge on any atom is -0.402 e. The molecule has 0 aromatic heterocycles. The summed E-state index contributed by atoms with van der Waals surface area (Å²) in [6.45, 7) is 1.58. The van der Waals surface area contributed by atoms with Gasteiger partial charge in [0.25, 0.3) is 5.69 Å². The highest BCUT2D eigenvalue weighted by atomic mass is 16.6. The van der Waals surface area contributed by atoms with Crippen molar-refractivity contribution in [2.24, 2.45) is 4.99 Å². The first kappa shape index (κ1) is 16.1. The van der Waals surface area contributed by atoms with E-state index in [0.29, 0.717) is 22.3 Å². The van der Waals surface area contributed by atoms with Crippen LogP contribution in [0, 0.1) is 28.4 Å². The number of carbonyl (C=O) groups is 1. The third kappa shape index (κ3) is 3.14. The van der Waals surface area contributed by atoms with Crippen molar-refractivity contribution in [3.05, 3.63) is 80.5 Å². The van der Waals surface area contributed by atoms with Gasteiger partial charge in [0.15, 0.2) is 5.70 Å². The Bertz CT molecular complexity index is 982. The molecule has 0 fully saturated rings. The van der Waals surface area contributed by atoms with Crippen molar-refractivity contribution in [1.29, 1.82) is 5.26 Å². The standard InChI is InChI=1S/C18H11N3O4/c1-11-14(3-2-4-16(11)21(23)24)17-20-15(18(22)25-17)9-12-5-7-13(10-19)8-6-12/h2-9H,1H3/b15-9-. The second-order valence-corrected chi connectivity index (χ2v) is 5.28. The molecule has 122 valence electrons. The molecule has 3 rings (SSSR count). The zero-order valence-corrected chi connectivity index (χ0v) is 13.1. The van der Waals surface area contributed by atoms with E-state index >= 15 is 0 Å². The molecule has 0 bridgehead atoms. The number of nitro benzene ring substituents is 1. The number of hydrogen-bond donors (Lipinski definition) is 0. The van der Waals surface area contributed by atoms with Crippen LogP contribution in [-0.2, 0) is 9.53 Å². The Balaban J connectivity index is 1.98. The normalized spacial score (nSPS) is 14.8. The van der Waals surface area contributed by atoms with E-state index in [-0.39, 0.29) is 17.3 Å².